The lowest BCUT2D eigenvalue weighted by Crippen LogP contribution is -2.48. The van der Waals surface area contributed by atoms with Crippen molar-refractivity contribution in [3.63, 3.8) is 0 Å². The van der Waals surface area contributed by atoms with Gasteiger partial charge in [-0.1, -0.05) is 0 Å². The zero-order valence-corrected chi connectivity index (χ0v) is 10.6. The molecule has 0 aliphatic carbocycles. The number of hydrogen-bond donors (Lipinski definition) is 2. The molecule has 3 N–H and O–H groups in total. The maximum Gasteiger partial charge on any atom is 0.240 e. The van der Waals surface area contributed by atoms with Gasteiger partial charge in [0.25, 0.3) is 0 Å². The summed E-state index contributed by atoms with van der Waals surface area (Å²) in [6.07, 6.45) is 4.41. The van der Waals surface area contributed by atoms with E-state index in [4.69, 9.17) is 5.73 Å². The smallest absolute Gasteiger partial charge is 0.240 e. The molecule has 2 rings (SSSR count). The van der Waals surface area contributed by atoms with Crippen molar-refractivity contribution in [1.82, 2.24) is 9.97 Å². The van der Waals surface area contributed by atoms with Gasteiger partial charge in [0.15, 0.2) is 0 Å². The summed E-state index contributed by atoms with van der Waals surface area (Å²) in [5.74, 6) is 1.26. The molecule has 1 atom stereocenters. The van der Waals surface area contributed by atoms with Crippen LogP contribution in [0.3, 0.4) is 0 Å². The Hall–Kier alpha value is -1.85. The quantitative estimate of drug-likeness (QED) is 0.822. The molecule has 1 fully saturated rings. The topological polar surface area (TPSA) is 84.1 Å². The Labute approximate surface area is 107 Å². The van der Waals surface area contributed by atoms with Gasteiger partial charge in [-0.05, 0) is 26.2 Å². The average molecular weight is 249 g/mol. The minimum absolute atomic E-state index is 0.247. The lowest BCUT2D eigenvalue weighted by atomic mass is 10.0. The van der Waals surface area contributed by atoms with Crippen LogP contribution in [0.25, 0.3) is 0 Å². The molecule has 0 bridgehead atoms. The normalized spacial score (nSPS) is 19.6. The van der Waals surface area contributed by atoms with E-state index < -0.39 is 0 Å². The van der Waals surface area contributed by atoms with Gasteiger partial charge in [-0.25, -0.2) is 9.97 Å². The van der Waals surface area contributed by atoms with Gasteiger partial charge in [-0.3, -0.25) is 4.79 Å². The van der Waals surface area contributed by atoms with E-state index in [2.05, 4.69) is 15.3 Å². The molecule has 18 heavy (non-hydrogen) atoms. The second-order valence-electron chi connectivity index (χ2n) is 4.40. The van der Waals surface area contributed by atoms with Crippen LogP contribution >= 0.6 is 0 Å². The van der Waals surface area contributed by atoms with E-state index in [1.807, 2.05) is 17.9 Å². The number of amides is 1. The van der Waals surface area contributed by atoms with Crippen molar-refractivity contribution in [3.05, 3.63) is 12.4 Å². The van der Waals surface area contributed by atoms with Crippen LogP contribution < -0.4 is 16.0 Å². The number of primary amides is 1. The Bertz CT molecular complexity index is 423. The summed E-state index contributed by atoms with van der Waals surface area (Å²) in [6, 6.07) is 1.62. The molecule has 2 heterocycles. The van der Waals surface area contributed by atoms with Crippen molar-refractivity contribution in [1.29, 1.82) is 0 Å². The lowest BCUT2D eigenvalue weighted by Gasteiger charge is -2.34. The zero-order chi connectivity index (χ0) is 13.0. The molecule has 0 saturated carbocycles. The van der Waals surface area contributed by atoms with Crippen LogP contribution in [0.5, 0.6) is 0 Å². The molecule has 6 heteroatoms. The van der Waals surface area contributed by atoms with E-state index in [1.54, 1.807) is 0 Å². The van der Waals surface area contributed by atoms with Gasteiger partial charge in [0.05, 0.1) is 0 Å². The van der Waals surface area contributed by atoms with Crippen molar-refractivity contribution >= 4 is 17.5 Å². The Balaban J connectivity index is 2.22. The Morgan fingerprint density at radius 1 is 1.56 bits per heavy atom. The number of anilines is 2. The van der Waals surface area contributed by atoms with Gasteiger partial charge in [0, 0.05) is 19.2 Å². The van der Waals surface area contributed by atoms with Crippen LogP contribution in [-0.4, -0.2) is 35.0 Å². The fourth-order valence-corrected chi connectivity index (χ4v) is 2.28. The van der Waals surface area contributed by atoms with Crippen LogP contribution in [0.2, 0.25) is 0 Å². The standard InChI is InChI=1S/C12H19N5O/c1-2-14-10-7-11(16-8-15-10)17-6-4-3-5-9(17)12(13)18/h7-9H,2-6H2,1H3,(H2,13,18)(H,14,15,16). The summed E-state index contributed by atoms with van der Waals surface area (Å²) in [5.41, 5.74) is 5.45. The third-order valence-electron chi connectivity index (χ3n) is 3.14. The summed E-state index contributed by atoms with van der Waals surface area (Å²) in [4.78, 5) is 21.8. The summed E-state index contributed by atoms with van der Waals surface area (Å²) in [6.45, 7) is 3.63. The number of nitrogens with one attached hydrogen (secondary N) is 1. The molecule has 1 aliphatic rings. The molecule has 0 aromatic carbocycles. The van der Waals surface area contributed by atoms with Gasteiger partial charge in [-0.15, -0.1) is 0 Å². The van der Waals surface area contributed by atoms with Crippen LogP contribution in [-0.2, 0) is 4.79 Å². The molecule has 1 amide bonds. The summed E-state index contributed by atoms with van der Waals surface area (Å²) >= 11 is 0. The first kappa shape index (κ1) is 12.6. The predicted octanol–water partition coefficient (Wildman–Crippen LogP) is 0.753. The van der Waals surface area contributed by atoms with Crippen LogP contribution in [0.1, 0.15) is 26.2 Å². The third kappa shape index (κ3) is 2.69. The predicted molar refractivity (Wildman–Crippen MR) is 70.4 cm³/mol. The molecule has 0 spiro atoms. The number of carbonyl (C=O) groups is 1. The molecular formula is C12H19N5O. The first-order valence-electron chi connectivity index (χ1n) is 6.34. The van der Waals surface area contributed by atoms with E-state index in [9.17, 15) is 4.79 Å². The van der Waals surface area contributed by atoms with Crippen LogP contribution in [0, 0.1) is 0 Å². The Kier molecular flexibility index (Phi) is 3.96. The molecule has 6 nitrogen and oxygen atoms in total. The van der Waals surface area contributed by atoms with Crippen molar-refractivity contribution in [2.45, 2.75) is 32.2 Å². The first-order valence-corrected chi connectivity index (χ1v) is 6.34. The lowest BCUT2D eigenvalue weighted by molar-refractivity contribution is -0.119. The second kappa shape index (κ2) is 5.66. The second-order valence-corrected chi connectivity index (χ2v) is 4.40. The molecular weight excluding hydrogens is 230 g/mol. The van der Waals surface area contributed by atoms with Crippen molar-refractivity contribution in [2.24, 2.45) is 5.73 Å². The number of piperidine rings is 1. The number of rotatable bonds is 4. The maximum absolute atomic E-state index is 11.5. The van der Waals surface area contributed by atoms with E-state index in [-0.39, 0.29) is 11.9 Å². The van der Waals surface area contributed by atoms with Gasteiger partial charge < -0.3 is 16.0 Å². The fourth-order valence-electron chi connectivity index (χ4n) is 2.28. The number of carbonyl (C=O) groups excluding carboxylic acids is 1. The number of nitrogens with zero attached hydrogens (tertiary/aromatic N) is 3. The highest BCUT2D eigenvalue weighted by atomic mass is 16.1. The maximum atomic E-state index is 11.5. The highest BCUT2D eigenvalue weighted by Crippen LogP contribution is 2.23. The van der Waals surface area contributed by atoms with Crippen LogP contribution in [0.4, 0.5) is 11.6 Å². The molecule has 1 aromatic rings. The van der Waals surface area contributed by atoms with Gasteiger partial charge in [0.1, 0.15) is 24.0 Å². The monoisotopic (exact) mass is 249 g/mol. The molecule has 1 aliphatic heterocycles. The van der Waals surface area contributed by atoms with Crippen molar-refractivity contribution < 1.29 is 4.79 Å². The van der Waals surface area contributed by atoms with Gasteiger partial charge in [0.2, 0.25) is 5.91 Å². The van der Waals surface area contributed by atoms with E-state index in [1.165, 1.54) is 6.33 Å². The highest BCUT2D eigenvalue weighted by molar-refractivity contribution is 5.83. The number of aromatic nitrogens is 2. The average Bonchev–Trinajstić information content (AvgIpc) is 2.39. The molecule has 1 saturated heterocycles. The SMILES string of the molecule is CCNc1cc(N2CCCCC2C(N)=O)ncn1. The van der Waals surface area contributed by atoms with Crippen molar-refractivity contribution in [2.75, 3.05) is 23.3 Å². The third-order valence-corrected chi connectivity index (χ3v) is 3.14. The summed E-state index contributed by atoms with van der Waals surface area (Å²) in [7, 11) is 0. The summed E-state index contributed by atoms with van der Waals surface area (Å²) < 4.78 is 0. The minimum atomic E-state index is -0.279. The summed E-state index contributed by atoms with van der Waals surface area (Å²) in [5, 5.41) is 3.14. The first-order chi connectivity index (χ1) is 8.72. The van der Waals surface area contributed by atoms with Crippen LogP contribution in [0.15, 0.2) is 12.4 Å². The Morgan fingerprint density at radius 3 is 3.11 bits per heavy atom. The fraction of sp³-hybridized carbons (Fsp3) is 0.583. The van der Waals surface area contributed by atoms with E-state index >= 15 is 0 Å². The van der Waals surface area contributed by atoms with Gasteiger partial charge in [-0.2, -0.15) is 0 Å². The zero-order valence-electron chi connectivity index (χ0n) is 10.6. The number of hydrogen-bond acceptors (Lipinski definition) is 5. The van der Waals surface area contributed by atoms with Crippen molar-refractivity contribution in [3.8, 4) is 0 Å². The largest absolute Gasteiger partial charge is 0.370 e. The molecule has 98 valence electrons. The minimum Gasteiger partial charge on any atom is -0.370 e. The number of nitrogens with two attached hydrogens (primary N) is 1. The Morgan fingerprint density at radius 2 is 2.39 bits per heavy atom. The van der Waals surface area contributed by atoms with E-state index in [0.717, 1.165) is 44.0 Å². The molecule has 1 aromatic heterocycles. The van der Waals surface area contributed by atoms with Gasteiger partial charge >= 0.3 is 0 Å². The molecule has 1 unspecified atom stereocenters. The van der Waals surface area contributed by atoms with E-state index in [0.29, 0.717) is 0 Å². The molecule has 0 radical (unpaired) electrons. The highest BCUT2D eigenvalue weighted by Gasteiger charge is 2.27.